The number of carbonyl (C=O) groups is 1. The molecule has 1 rings (SSSR count). The first-order valence-corrected chi connectivity index (χ1v) is 5.92. The third-order valence-electron chi connectivity index (χ3n) is 1.90. The topological polar surface area (TPSA) is 41.1 Å². The van der Waals surface area contributed by atoms with Gasteiger partial charge in [0.2, 0.25) is 5.91 Å². The molecule has 1 aromatic rings. The first kappa shape index (κ1) is 14.0. The number of rotatable bonds is 6. The molecule has 17 heavy (non-hydrogen) atoms. The molecule has 0 aliphatic carbocycles. The fourth-order valence-corrected chi connectivity index (χ4v) is 1.84. The fourth-order valence-electron chi connectivity index (χ4n) is 1.13. The average Bonchev–Trinajstić information content (AvgIpc) is 2.73. The largest absolute Gasteiger partial charge is 0.405 e. The Morgan fingerprint density at radius 1 is 1.41 bits per heavy atom. The molecule has 0 saturated heterocycles. The van der Waals surface area contributed by atoms with Gasteiger partial charge in [0.1, 0.15) is 6.54 Å². The molecule has 7 heteroatoms. The van der Waals surface area contributed by atoms with Gasteiger partial charge in [-0.15, -0.1) is 11.3 Å². The van der Waals surface area contributed by atoms with E-state index in [1.54, 1.807) is 16.7 Å². The molecule has 0 atom stereocenters. The van der Waals surface area contributed by atoms with Gasteiger partial charge in [-0.3, -0.25) is 4.79 Å². The molecular formula is C10H13F3N2OS. The highest BCUT2D eigenvalue weighted by molar-refractivity contribution is 7.09. The van der Waals surface area contributed by atoms with Gasteiger partial charge in [0.15, 0.2) is 0 Å². The summed E-state index contributed by atoms with van der Waals surface area (Å²) in [6.45, 7) is -0.806. The molecule has 0 saturated carbocycles. The molecule has 0 unspecified atom stereocenters. The molecule has 2 N–H and O–H groups in total. The molecule has 0 spiro atoms. The molecule has 0 aliphatic rings. The maximum atomic E-state index is 11.8. The number of hydrogen-bond acceptors (Lipinski definition) is 3. The van der Waals surface area contributed by atoms with E-state index in [1.807, 2.05) is 17.5 Å². The molecule has 0 aliphatic heterocycles. The van der Waals surface area contributed by atoms with Crippen molar-refractivity contribution in [3.63, 3.8) is 0 Å². The van der Waals surface area contributed by atoms with E-state index < -0.39 is 18.6 Å². The highest BCUT2D eigenvalue weighted by Crippen LogP contribution is 2.11. The van der Waals surface area contributed by atoms with Gasteiger partial charge < -0.3 is 10.6 Å². The summed E-state index contributed by atoms with van der Waals surface area (Å²) in [5.41, 5.74) is 0. The quantitative estimate of drug-likeness (QED) is 0.767. The van der Waals surface area contributed by atoms with Crippen molar-refractivity contribution in [3.05, 3.63) is 22.4 Å². The summed E-state index contributed by atoms with van der Waals surface area (Å²) < 4.78 is 35.3. The maximum Gasteiger partial charge on any atom is 0.405 e. The van der Waals surface area contributed by atoms with Crippen molar-refractivity contribution in [2.45, 2.75) is 12.6 Å². The number of alkyl halides is 3. The van der Waals surface area contributed by atoms with E-state index in [0.717, 1.165) is 6.42 Å². The summed E-state index contributed by atoms with van der Waals surface area (Å²) >= 11 is 1.61. The summed E-state index contributed by atoms with van der Waals surface area (Å²) in [5, 5.41) is 6.53. The van der Waals surface area contributed by atoms with Gasteiger partial charge in [-0.2, -0.15) is 13.2 Å². The lowest BCUT2D eigenvalue weighted by molar-refractivity contribution is -0.137. The van der Waals surface area contributed by atoms with Crippen LogP contribution in [0.4, 0.5) is 13.2 Å². The second-order valence-corrected chi connectivity index (χ2v) is 4.43. The SMILES string of the molecule is O=C(CNCCc1cccs1)NCC(F)(F)F. The fraction of sp³-hybridized carbons (Fsp3) is 0.500. The van der Waals surface area contributed by atoms with Crippen molar-refractivity contribution in [2.75, 3.05) is 19.6 Å². The number of carbonyl (C=O) groups excluding carboxylic acids is 1. The molecule has 0 aromatic carbocycles. The van der Waals surface area contributed by atoms with E-state index in [9.17, 15) is 18.0 Å². The Balaban J connectivity index is 2.04. The standard InChI is InChI=1S/C10H13F3N2OS/c11-10(12,13)7-15-9(16)6-14-4-3-8-2-1-5-17-8/h1-2,5,14H,3-4,6-7H2,(H,15,16). The van der Waals surface area contributed by atoms with Crippen LogP contribution in [0.15, 0.2) is 17.5 Å². The van der Waals surface area contributed by atoms with Crippen LogP contribution in [-0.2, 0) is 11.2 Å². The molecule has 1 aromatic heterocycles. The average molecular weight is 266 g/mol. The number of amides is 1. The highest BCUT2D eigenvalue weighted by Gasteiger charge is 2.27. The third-order valence-corrected chi connectivity index (χ3v) is 2.84. The minimum absolute atomic E-state index is 0.0958. The van der Waals surface area contributed by atoms with Gasteiger partial charge in [-0.05, 0) is 17.9 Å². The Hall–Kier alpha value is -1.08. The van der Waals surface area contributed by atoms with Crippen molar-refractivity contribution in [2.24, 2.45) is 0 Å². The van der Waals surface area contributed by atoms with Crippen LogP contribution in [0.5, 0.6) is 0 Å². The number of thiophene rings is 1. The molecule has 1 heterocycles. The van der Waals surface area contributed by atoms with Crippen LogP contribution < -0.4 is 10.6 Å². The van der Waals surface area contributed by atoms with Crippen molar-refractivity contribution in [1.82, 2.24) is 10.6 Å². The van der Waals surface area contributed by atoms with Crippen LogP contribution >= 0.6 is 11.3 Å². The van der Waals surface area contributed by atoms with Gasteiger partial charge in [-0.1, -0.05) is 6.07 Å². The minimum atomic E-state index is -4.35. The second kappa shape index (κ2) is 6.61. The smallest absolute Gasteiger partial charge is 0.346 e. The lowest BCUT2D eigenvalue weighted by atomic mass is 10.3. The van der Waals surface area contributed by atoms with E-state index in [2.05, 4.69) is 5.32 Å². The van der Waals surface area contributed by atoms with Crippen LogP contribution in [-0.4, -0.2) is 31.7 Å². The molecule has 0 fully saturated rings. The van der Waals surface area contributed by atoms with Gasteiger partial charge in [0.05, 0.1) is 6.54 Å². The molecule has 3 nitrogen and oxygen atoms in total. The molecule has 96 valence electrons. The maximum absolute atomic E-state index is 11.8. The van der Waals surface area contributed by atoms with Crippen LogP contribution in [0.25, 0.3) is 0 Å². The third kappa shape index (κ3) is 6.96. The second-order valence-electron chi connectivity index (χ2n) is 3.40. The first-order valence-electron chi connectivity index (χ1n) is 5.04. The zero-order chi connectivity index (χ0) is 12.7. The Morgan fingerprint density at radius 3 is 2.76 bits per heavy atom. The minimum Gasteiger partial charge on any atom is -0.346 e. The molecular weight excluding hydrogens is 253 g/mol. The molecule has 0 bridgehead atoms. The summed E-state index contributed by atoms with van der Waals surface area (Å²) in [7, 11) is 0. The zero-order valence-corrected chi connectivity index (χ0v) is 9.83. The predicted octanol–water partition coefficient (Wildman–Crippen LogP) is 1.56. The molecule has 1 amide bonds. The Bertz CT molecular complexity index is 338. The van der Waals surface area contributed by atoms with Crippen molar-refractivity contribution >= 4 is 17.2 Å². The summed E-state index contributed by atoms with van der Waals surface area (Å²) in [5.74, 6) is -0.645. The molecule has 0 radical (unpaired) electrons. The Kier molecular flexibility index (Phi) is 5.43. The lowest BCUT2D eigenvalue weighted by Gasteiger charge is -2.08. The van der Waals surface area contributed by atoms with Crippen LogP contribution in [0, 0.1) is 0 Å². The Labute approximate surface area is 101 Å². The van der Waals surface area contributed by atoms with Crippen LogP contribution in [0.2, 0.25) is 0 Å². The van der Waals surface area contributed by atoms with Gasteiger partial charge in [0.25, 0.3) is 0 Å². The van der Waals surface area contributed by atoms with E-state index in [1.165, 1.54) is 4.88 Å². The monoisotopic (exact) mass is 266 g/mol. The van der Waals surface area contributed by atoms with Gasteiger partial charge >= 0.3 is 6.18 Å². The first-order chi connectivity index (χ1) is 7.97. The van der Waals surface area contributed by atoms with Crippen molar-refractivity contribution < 1.29 is 18.0 Å². The van der Waals surface area contributed by atoms with Crippen LogP contribution in [0.3, 0.4) is 0 Å². The normalized spacial score (nSPS) is 11.5. The number of hydrogen-bond donors (Lipinski definition) is 2. The number of halogens is 3. The highest BCUT2D eigenvalue weighted by atomic mass is 32.1. The zero-order valence-electron chi connectivity index (χ0n) is 9.01. The van der Waals surface area contributed by atoms with Crippen molar-refractivity contribution in [1.29, 1.82) is 0 Å². The van der Waals surface area contributed by atoms with E-state index in [4.69, 9.17) is 0 Å². The van der Waals surface area contributed by atoms with Gasteiger partial charge in [-0.25, -0.2) is 0 Å². The Morgan fingerprint density at radius 2 is 2.18 bits per heavy atom. The number of nitrogens with one attached hydrogen (secondary N) is 2. The van der Waals surface area contributed by atoms with Crippen molar-refractivity contribution in [3.8, 4) is 0 Å². The van der Waals surface area contributed by atoms with E-state index >= 15 is 0 Å². The summed E-state index contributed by atoms with van der Waals surface area (Å²) in [6.07, 6.45) is -3.59. The van der Waals surface area contributed by atoms with E-state index in [0.29, 0.717) is 6.54 Å². The van der Waals surface area contributed by atoms with Crippen LogP contribution in [0.1, 0.15) is 4.88 Å². The summed E-state index contributed by atoms with van der Waals surface area (Å²) in [6, 6.07) is 3.89. The predicted molar refractivity (Wildman–Crippen MR) is 60.0 cm³/mol. The van der Waals surface area contributed by atoms with Gasteiger partial charge in [0, 0.05) is 11.4 Å². The van der Waals surface area contributed by atoms with E-state index in [-0.39, 0.29) is 6.54 Å². The summed E-state index contributed by atoms with van der Waals surface area (Å²) in [4.78, 5) is 12.2. The lowest BCUT2D eigenvalue weighted by Crippen LogP contribution is -2.39.